The molecule has 1 aromatic carbocycles. The van der Waals surface area contributed by atoms with Crippen molar-refractivity contribution in [1.29, 1.82) is 0 Å². The minimum atomic E-state index is -3.87. The van der Waals surface area contributed by atoms with Crippen LogP contribution in [0.25, 0.3) is 0 Å². The zero-order chi connectivity index (χ0) is 16.3. The van der Waals surface area contributed by atoms with E-state index in [2.05, 4.69) is 10.0 Å². The van der Waals surface area contributed by atoms with Crippen molar-refractivity contribution in [3.8, 4) is 0 Å². The van der Waals surface area contributed by atoms with Gasteiger partial charge in [-0.3, -0.25) is 4.79 Å². The number of rotatable bonds is 5. The van der Waals surface area contributed by atoms with Gasteiger partial charge in [-0.2, -0.15) is 4.72 Å². The molecule has 118 valence electrons. The molecule has 21 heavy (non-hydrogen) atoms. The third kappa shape index (κ3) is 5.43. The molecule has 1 aromatic rings. The smallest absolute Gasteiger partial charge is 0.241 e. The molecule has 0 saturated carbocycles. The van der Waals surface area contributed by atoms with E-state index in [1.54, 1.807) is 6.92 Å². The Bertz CT molecular complexity index is 592. The van der Waals surface area contributed by atoms with Crippen LogP contribution in [0.1, 0.15) is 34.1 Å². The molecule has 0 heterocycles. The molecule has 0 aromatic heterocycles. The molecule has 2 N–H and O–H groups in total. The van der Waals surface area contributed by atoms with E-state index < -0.39 is 33.3 Å². The van der Waals surface area contributed by atoms with E-state index in [-0.39, 0.29) is 4.90 Å². The van der Waals surface area contributed by atoms with Gasteiger partial charge in [-0.1, -0.05) is 6.92 Å². The van der Waals surface area contributed by atoms with Crippen LogP contribution in [0.3, 0.4) is 0 Å². The molecule has 1 rings (SSSR count). The fraction of sp³-hybridized carbons (Fsp3) is 0.500. The lowest BCUT2D eigenvalue weighted by atomic mass is 10.1. The largest absolute Gasteiger partial charge is 0.350 e. The Labute approximate surface area is 125 Å². The molecule has 7 heteroatoms. The van der Waals surface area contributed by atoms with Crippen LogP contribution < -0.4 is 10.0 Å². The second-order valence-corrected chi connectivity index (χ2v) is 7.49. The molecular formula is C14H21FN2O3S. The number of nitrogens with one attached hydrogen (secondary N) is 2. The van der Waals surface area contributed by atoms with Gasteiger partial charge in [0.15, 0.2) is 0 Å². The van der Waals surface area contributed by atoms with Gasteiger partial charge in [-0.25, -0.2) is 12.8 Å². The standard InChI is InChI=1S/C14H21FN2O3S/c1-5-12(13(18)16-14(2,3)4)17-21(19,20)11-8-6-10(15)7-9-11/h6-9,12,17H,5H2,1-4H3,(H,16,18). The summed E-state index contributed by atoms with van der Waals surface area (Å²) in [6.07, 6.45) is 0.308. The van der Waals surface area contributed by atoms with Crippen LogP contribution >= 0.6 is 0 Å². The highest BCUT2D eigenvalue weighted by atomic mass is 32.2. The lowest BCUT2D eigenvalue weighted by Gasteiger charge is -2.24. The van der Waals surface area contributed by atoms with Crippen molar-refractivity contribution in [2.24, 2.45) is 0 Å². The van der Waals surface area contributed by atoms with Crippen LogP contribution in [0.2, 0.25) is 0 Å². The molecule has 0 saturated heterocycles. The second-order valence-electron chi connectivity index (χ2n) is 5.78. The van der Waals surface area contributed by atoms with Gasteiger partial charge in [0, 0.05) is 5.54 Å². The molecule has 0 aliphatic rings. The summed E-state index contributed by atoms with van der Waals surface area (Å²) in [4.78, 5) is 12.0. The molecule has 5 nitrogen and oxygen atoms in total. The Hall–Kier alpha value is -1.47. The van der Waals surface area contributed by atoms with Crippen LogP contribution in [-0.2, 0) is 14.8 Å². The first kappa shape index (κ1) is 17.6. The summed E-state index contributed by atoms with van der Waals surface area (Å²) in [6, 6.07) is 3.56. The van der Waals surface area contributed by atoms with Crippen molar-refractivity contribution in [2.45, 2.75) is 50.6 Å². The summed E-state index contributed by atoms with van der Waals surface area (Å²) in [7, 11) is -3.87. The molecule has 0 fully saturated rings. The predicted octanol–water partition coefficient (Wildman–Crippen LogP) is 1.80. The third-order valence-corrected chi connectivity index (χ3v) is 4.13. The van der Waals surface area contributed by atoms with Crippen LogP contribution in [0, 0.1) is 5.82 Å². The maximum absolute atomic E-state index is 12.8. The number of carbonyl (C=O) groups excluding carboxylic acids is 1. The van der Waals surface area contributed by atoms with Crippen molar-refractivity contribution in [3.63, 3.8) is 0 Å². The number of halogens is 1. The van der Waals surface area contributed by atoms with Crippen molar-refractivity contribution in [2.75, 3.05) is 0 Å². The first-order valence-corrected chi connectivity index (χ1v) is 8.13. The number of amides is 1. The van der Waals surface area contributed by atoms with Gasteiger partial charge in [0.2, 0.25) is 15.9 Å². The van der Waals surface area contributed by atoms with Crippen molar-refractivity contribution in [3.05, 3.63) is 30.1 Å². The topological polar surface area (TPSA) is 75.3 Å². The first-order chi connectivity index (χ1) is 9.55. The summed E-state index contributed by atoms with van der Waals surface area (Å²) in [5.74, 6) is -0.915. The van der Waals surface area contributed by atoms with E-state index in [0.717, 1.165) is 24.3 Å². The monoisotopic (exact) mass is 316 g/mol. The lowest BCUT2D eigenvalue weighted by Crippen LogP contribution is -2.51. The predicted molar refractivity (Wildman–Crippen MR) is 78.7 cm³/mol. The van der Waals surface area contributed by atoms with Gasteiger partial charge < -0.3 is 5.32 Å². The first-order valence-electron chi connectivity index (χ1n) is 6.65. The quantitative estimate of drug-likeness (QED) is 0.870. The molecule has 1 atom stereocenters. The number of sulfonamides is 1. The van der Waals surface area contributed by atoms with E-state index in [4.69, 9.17) is 0 Å². The molecule has 0 bridgehead atoms. The van der Waals surface area contributed by atoms with Gasteiger partial charge in [0.1, 0.15) is 11.9 Å². The number of hydrogen-bond acceptors (Lipinski definition) is 3. The number of benzene rings is 1. The highest BCUT2D eigenvalue weighted by Gasteiger charge is 2.26. The zero-order valence-electron chi connectivity index (χ0n) is 12.6. The molecule has 1 amide bonds. The highest BCUT2D eigenvalue weighted by Crippen LogP contribution is 2.11. The number of carbonyl (C=O) groups is 1. The fourth-order valence-corrected chi connectivity index (χ4v) is 2.93. The van der Waals surface area contributed by atoms with E-state index >= 15 is 0 Å². The van der Waals surface area contributed by atoms with Gasteiger partial charge in [-0.15, -0.1) is 0 Å². The Balaban J connectivity index is 2.90. The molecule has 0 spiro atoms. The highest BCUT2D eigenvalue weighted by molar-refractivity contribution is 7.89. The van der Waals surface area contributed by atoms with Crippen LogP contribution in [-0.4, -0.2) is 25.9 Å². The van der Waals surface area contributed by atoms with E-state index in [0.29, 0.717) is 6.42 Å². The van der Waals surface area contributed by atoms with Crippen LogP contribution in [0.4, 0.5) is 4.39 Å². The van der Waals surface area contributed by atoms with Crippen molar-refractivity contribution in [1.82, 2.24) is 10.0 Å². The van der Waals surface area contributed by atoms with Crippen molar-refractivity contribution >= 4 is 15.9 Å². The normalized spacial score (nSPS) is 13.8. The van der Waals surface area contributed by atoms with Gasteiger partial charge in [0.25, 0.3) is 0 Å². The summed E-state index contributed by atoms with van der Waals surface area (Å²) >= 11 is 0. The SMILES string of the molecule is CCC(NS(=O)(=O)c1ccc(F)cc1)C(=O)NC(C)(C)C. The molecule has 0 aliphatic carbocycles. The third-order valence-electron chi connectivity index (χ3n) is 2.64. The summed E-state index contributed by atoms with van der Waals surface area (Å²) in [5, 5.41) is 2.73. The minimum absolute atomic E-state index is 0.0779. The summed E-state index contributed by atoms with van der Waals surface area (Å²) in [5.41, 5.74) is -0.453. The average molecular weight is 316 g/mol. The Morgan fingerprint density at radius 2 is 1.76 bits per heavy atom. The molecule has 1 unspecified atom stereocenters. The van der Waals surface area contributed by atoms with Gasteiger partial charge >= 0.3 is 0 Å². The Morgan fingerprint density at radius 1 is 1.24 bits per heavy atom. The molecular weight excluding hydrogens is 295 g/mol. The summed E-state index contributed by atoms with van der Waals surface area (Å²) in [6.45, 7) is 7.14. The van der Waals surface area contributed by atoms with E-state index in [1.165, 1.54) is 0 Å². The Kier molecular flexibility index (Phi) is 5.47. The maximum atomic E-state index is 12.8. The molecule has 0 radical (unpaired) electrons. The lowest BCUT2D eigenvalue weighted by molar-refractivity contribution is -0.124. The van der Waals surface area contributed by atoms with Gasteiger partial charge in [-0.05, 0) is 51.5 Å². The average Bonchev–Trinajstić information content (AvgIpc) is 2.34. The van der Waals surface area contributed by atoms with E-state index in [1.807, 2.05) is 20.8 Å². The van der Waals surface area contributed by atoms with Crippen LogP contribution in [0.5, 0.6) is 0 Å². The van der Waals surface area contributed by atoms with Gasteiger partial charge in [0.05, 0.1) is 4.90 Å². The zero-order valence-corrected chi connectivity index (χ0v) is 13.4. The molecule has 0 aliphatic heterocycles. The Morgan fingerprint density at radius 3 is 2.19 bits per heavy atom. The van der Waals surface area contributed by atoms with Crippen molar-refractivity contribution < 1.29 is 17.6 Å². The summed E-state index contributed by atoms with van der Waals surface area (Å²) < 4.78 is 39.5. The fourth-order valence-electron chi connectivity index (χ4n) is 1.65. The second kappa shape index (κ2) is 6.53. The van der Waals surface area contributed by atoms with Crippen LogP contribution in [0.15, 0.2) is 29.2 Å². The van der Waals surface area contributed by atoms with E-state index in [9.17, 15) is 17.6 Å². The maximum Gasteiger partial charge on any atom is 0.241 e. The minimum Gasteiger partial charge on any atom is -0.350 e. The number of hydrogen-bond donors (Lipinski definition) is 2.